The smallest absolute Gasteiger partial charge is 0.261 e. The zero-order chi connectivity index (χ0) is 20.4. The lowest BCUT2D eigenvalue weighted by molar-refractivity contribution is -0.140. The molecule has 3 rings (SSSR count). The molecule has 5 nitrogen and oxygen atoms in total. The highest BCUT2D eigenvalue weighted by molar-refractivity contribution is 5.98. The fourth-order valence-corrected chi connectivity index (χ4v) is 4.25. The molecule has 0 saturated carbocycles. The lowest BCUT2D eigenvalue weighted by Gasteiger charge is -2.50. The molecule has 1 aromatic carbocycles. The molecule has 1 N–H and O–H groups in total. The third-order valence-electron chi connectivity index (χ3n) is 5.71. The fraction of sp³-hybridized carbons (Fsp3) is 0.524. The van der Waals surface area contributed by atoms with Crippen LogP contribution in [0.2, 0.25) is 0 Å². The second-order valence-corrected chi connectivity index (χ2v) is 7.65. The topological polar surface area (TPSA) is 60.9 Å². The number of phenols is 1. The van der Waals surface area contributed by atoms with Gasteiger partial charge < -0.3 is 14.9 Å². The molecular weight excluding hydrogens is 366 g/mol. The summed E-state index contributed by atoms with van der Waals surface area (Å²) >= 11 is 0. The Labute approximate surface area is 163 Å². The molecule has 1 aromatic rings. The van der Waals surface area contributed by atoms with Crippen molar-refractivity contribution < 1.29 is 23.5 Å². The first-order valence-electron chi connectivity index (χ1n) is 9.74. The van der Waals surface area contributed by atoms with E-state index in [2.05, 4.69) is 0 Å². The first-order valence-corrected chi connectivity index (χ1v) is 9.74. The number of piperidine rings is 1. The number of piperazine rings is 1. The number of amides is 2. The maximum absolute atomic E-state index is 14.2. The lowest BCUT2D eigenvalue weighted by atomic mass is 9.89. The summed E-state index contributed by atoms with van der Waals surface area (Å²) in [5.74, 6) is -3.74. The Morgan fingerprint density at radius 1 is 1.21 bits per heavy atom. The third-order valence-corrected chi connectivity index (χ3v) is 5.71. The van der Waals surface area contributed by atoms with Crippen LogP contribution in [-0.2, 0) is 4.79 Å². The quantitative estimate of drug-likeness (QED) is 0.798. The largest absolute Gasteiger partial charge is 0.504 e. The number of benzene rings is 1. The van der Waals surface area contributed by atoms with Crippen LogP contribution in [0.15, 0.2) is 24.3 Å². The highest BCUT2D eigenvalue weighted by atomic mass is 19.1. The van der Waals surface area contributed by atoms with E-state index in [4.69, 9.17) is 0 Å². The van der Waals surface area contributed by atoms with Gasteiger partial charge in [0.05, 0.1) is 0 Å². The van der Waals surface area contributed by atoms with E-state index < -0.39 is 28.9 Å². The molecule has 0 aliphatic carbocycles. The van der Waals surface area contributed by atoms with Crippen molar-refractivity contribution >= 4 is 11.8 Å². The molecule has 152 valence electrons. The third kappa shape index (κ3) is 3.75. The van der Waals surface area contributed by atoms with Gasteiger partial charge in [-0.2, -0.15) is 0 Å². The van der Waals surface area contributed by atoms with Crippen LogP contribution in [0.5, 0.6) is 5.75 Å². The molecule has 3 atom stereocenters. The summed E-state index contributed by atoms with van der Waals surface area (Å²) < 4.78 is 27.9. The maximum atomic E-state index is 14.2. The normalized spacial score (nSPS) is 23.1. The average Bonchev–Trinajstić information content (AvgIpc) is 2.67. The summed E-state index contributed by atoms with van der Waals surface area (Å²) in [5, 5.41) is 9.90. The number of hydrogen-bond donors (Lipinski definition) is 1. The molecule has 7 heteroatoms. The number of hydrogen-bond acceptors (Lipinski definition) is 3. The van der Waals surface area contributed by atoms with Crippen LogP contribution in [0, 0.1) is 17.6 Å². The maximum Gasteiger partial charge on any atom is 0.261 e. The van der Waals surface area contributed by atoms with E-state index >= 15 is 0 Å². The number of aromatic hydroxyl groups is 1. The zero-order valence-corrected chi connectivity index (χ0v) is 16.2. The van der Waals surface area contributed by atoms with Crippen LogP contribution in [0.3, 0.4) is 0 Å². The molecule has 0 spiro atoms. The predicted octanol–water partition coefficient (Wildman–Crippen LogP) is 3.48. The summed E-state index contributed by atoms with van der Waals surface area (Å²) in [7, 11) is 0. The van der Waals surface area contributed by atoms with Crippen molar-refractivity contribution in [3.63, 3.8) is 0 Å². The summed E-state index contributed by atoms with van der Waals surface area (Å²) in [5.41, 5.74) is -0.627. The van der Waals surface area contributed by atoms with Gasteiger partial charge in [-0.05, 0) is 44.7 Å². The average molecular weight is 392 g/mol. The highest BCUT2D eigenvalue weighted by Crippen LogP contribution is 2.34. The van der Waals surface area contributed by atoms with Gasteiger partial charge >= 0.3 is 0 Å². The summed E-state index contributed by atoms with van der Waals surface area (Å²) in [6.45, 7) is 4.54. The number of carbonyl (C=O) groups excluding carboxylic acids is 2. The Morgan fingerprint density at radius 3 is 2.43 bits per heavy atom. The number of rotatable bonds is 4. The van der Waals surface area contributed by atoms with E-state index in [1.165, 1.54) is 0 Å². The minimum absolute atomic E-state index is 0.0434. The molecule has 3 unspecified atom stereocenters. The molecule has 2 heterocycles. The van der Waals surface area contributed by atoms with Gasteiger partial charge in [0, 0.05) is 31.1 Å². The molecular formula is C21H26F2N2O3. The number of halogens is 2. The van der Waals surface area contributed by atoms with Crippen molar-refractivity contribution in [1.29, 1.82) is 0 Å². The lowest BCUT2D eigenvalue weighted by Crippen LogP contribution is -2.64. The number of carbonyl (C=O) groups is 2. The van der Waals surface area contributed by atoms with Crippen LogP contribution < -0.4 is 0 Å². The molecule has 28 heavy (non-hydrogen) atoms. The van der Waals surface area contributed by atoms with E-state index in [0.29, 0.717) is 32.4 Å². The SMILES string of the molecule is C/C=C/CC(C)C(=O)N1CC2CCCC(C1)N2C(=O)c1c(F)ccc(F)c1O. The van der Waals surface area contributed by atoms with Crippen molar-refractivity contribution in [2.24, 2.45) is 5.92 Å². The molecule has 2 aliphatic rings. The van der Waals surface area contributed by atoms with Crippen molar-refractivity contribution in [2.45, 2.75) is 51.6 Å². The number of likely N-dealkylation sites (tertiary alicyclic amines) is 1. The number of fused-ring (bicyclic) bond motifs is 2. The van der Waals surface area contributed by atoms with Gasteiger partial charge in [-0.25, -0.2) is 8.78 Å². The molecule has 0 aromatic heterocycles. The van der Waals surface area contributed by atoms with Crippen LogP contribution in [-0.4, -0.2) is 51.9 Å². The fourth-order valence-electron chi connectivity index (χ4n) is 4.25. The van der Waals surface area contributed by atoms with Gasteiger partial charge in [-0.1, -0.05) is 19.1 Å². The second-order valence-electron chi connectivity index (χ2n) is 7.65. The van der Waals surface area contributed by atoms with E-state index in [0.717, 1.165) is 18.6 Å². The first kappa shape index (κ1) is 20.3. The van der Waals surface area contributed by atoms with Crippen molar-refractivity contribution in [1.82, 2.24) is 9.80 Å². The zero-order valence-electron chi connectivity index (χ0n) is 16.2. The van der Waals surface area contributed by atoms with Gasteiger partial charge in [0.15, 0.2) is 11.6 Å². The van der Waals surface area contributed by atoms with Crippen LogP contribution in [0.4, 0.5) is 8.78 Å². The standard InChI is InChI=1S/C21H26F2N2O3/c1-3-4-6-13(2)20(27)24-11-14-7-5-8-15(12-24)25(14)21(28)18-16(22)9-10-17(23)19(18)26/h3-4,9-10,13-15,26H,5-8,11-12H2,1-2H3/b4-3+. The van der Waals surface area contributed by atoms with Crippen LogP contribution >= 0.6 is 0 Å². The van der Waals surface area contributed by atoms with Gasteiger partial charge in [0.1, 0.15) is 11.4 Å². The Bertz CT molecular complexity index is 782. The van der Waals surface area contributed by atoms with Gasteiger partial charge in [-0.3, -0.25) is 9.59 Å². The summed E-state index contributed by atoms with van der Waals surface area (Å²) in [6, 6.07) is 1.12. The van der Waals surface area contributed by atoms with Crippen molar-refractivity contribution in [3.05, 3.63) is 41.5 Å². The number of allylic oxidation sites excluding steroid dienone is 2. The molecule has 2 amide bonds. The number of nitrogens with zero attached hydrogens (tertiary/aromatic N) is 2. The minimum Gasteiger partial charge on any atom is -0.504 e. The van der Waals surface area contributed by atoms with Crippen LogP contribution in [0.1, 0.15) is 49.9 Å². The summed E-state index contributed by atoms with van der Waals surface area (Å²) in [4.78, 5) is 29.1. The molecule has 2 bridgehead atoms. The van der Waals surface area contributed by atoms with E-state index in [1.807, 2.05) is 26.0 Å². The van der Waals surface area contributed by atoms with Crippen LogP contribution in [0.25, 0.3) is 0 Å². The Morgan fingerprint density at radius 2 is 1.82 bits per heavy atom. The first-order chi connectivity index (χ1) is 13.3. The Kier molecular flexibility index (Phi) is 6.01. The van der Waals surface area contributed by atoms with E-state index in [1.54, 1.807) is 9.80 Å². The predicted molar refractivity (Wildman–Crippen MR) is 101 cm³/mol. The molecule has 2 aliphatic heterocycles. The summed E-state index contributed by atoms with van der Waals surface area (Å²) in [6.07, 6.45) is 6.81. The number of phenolic OH excluding ortho intramolecular Hbond substituents is 1. The van der Waals surface area contributed by atoms with Gasteiger partial charge in [-0.15, -0.1) is 0 Å². The van der Waals surface area contributed by atoms with Crippen molar-refractivity contribution in [2.75, 3.05) is 13.1 Å². The Hall–Kier alpha value is -2.44. The van der Waals surface area contributed by atoms with Gasteiger partial charge in [0.25, 0.3) is 5.91 Å². The minimum atomic E-state index is -1.03. The second kappa shape index (κ2) is 8.29. The monoisotopic (exact) mass is 392 g/mol. The van der Waals surface area contributed by atoms with E-state index in [9.17, 15) is 23.5 Å². The molecule has 0 radical (unpaired) electrons. The van der Waals surface area contributed by atoms with Gasteiger partial charge in [0.2, 0.25) is 5.91 Å². The molecule has 2 fully saturated rings. The highest BCUT2D eigenvalue weighted by Gasteiger charge is 2.43. The van der Waals surface area contributed by atoms with Crippen molar-refractivity contribution in [3.8, 4) is 5.75 Å². The Balaban J connectivity index is 1.82. The molecule has 2 saturated heterocycles. The van der Waals surface area contributed by atoms with E-state index in [-0.39, 0.29) is 23.9 Å².